The van der Waals surface area contributed by atoms with Gasteiger partial charge in [0, 0.05) is 0 Å². The molecule has 0 fully saturated rings. The number of hydrogen-bond donors (Lipinski definition) is 0. The standard InChI is InChI=1S/C19H18N2O5S/c1-24-13-8-5-4-7-12(13)18(23)20-19-21(11-16(22)26-3)17-14(25-2)9-6-10-15(17)27-19/h4-10H,11H2,1-3H3. The van der Waals surface area contributed by atoms with Crippen molar-refractivity contribution in [3.63, 3.8) is 0 Å². The molecule has 0 spiro atoms. The van der Waals surface area contributed by atoms with E-state index >= 15 is 0 Å². The number of hydrogen-bond acceptors (Lipinski definition) is 6. The zero-order chi connectivity index (χ0) is 19.4. The van der Waals surface area contributed by atoms with Crippen molar-refractivity contribution >= 4 is 33.4 Å². The Morgan fingerprint density at radius 3 is 2.41 bits per heavy atom. The van der Waals surface area contributed by atoms with Crippen LogP contribution in [-0.2, 0) is 16.1 Å². The van der Waals surface area contributed by atoms with E-state index in [0.717, 1.165) is 4.70 Å². The largest absolute Gasteiger partial charge is 0.496 e. The van der Waals surface area contributed by atoms with Crippen LogP contribution in [-0.4, -0.2) is 37.8 Å². The van der Waals surface area contributed by atoms with Gasteiger partial charge >= 0.3 is 5.97 Å². The fraction of sp³-hybridized carbons (Fsp3) is 0.211. The first-order valence-electron chi connectivity index (χ1n) is 8.04. The first kappa shape index (κ1) is 18.7. The Morgan fingerprint density at radius 1 is 1.00 bits per heavy atom. The number of para-hydroxylation sites is 2. The van der Waals surface area contributed by atoms with Crippen LogP contribution in [0, 0.1) is 0 Å². The van der Waals surface area contributed by atoms with Crippen LogP contribution in [0.4, 0.5) is 0 Å². The third kappa shape index (κ3) is 3.70. The summed E-state index contributed by atoms with van der Waals surface area (Å²) in [4.78, 5) is 29.2. The molecule has 7 nitrogen and oxygen atoms in total. The highest BCUT2D eigenvalue weighted by atomic mass is 32.1. The number of amides is 1. The van der Waals surface area contributed by atoms with Crippen molar-refractivity contribution < 1.29 is 23.8 Å². The van der Waals surface area contributed by atoms with Crippen molar-refractivity contribution in [1.29, 1.82) is 0 Å². The van der Waals surface area contributed by atoms with E-state index in [4.69, 9.17) is 14.2 Å². The Bertz CT molecular complexity index is 1070. The van der Waals surface area contributed by atoms with Crippen LogP contribution >= 0.6 is 11.3 Å². The second kappa shape index (κ2) is 8.05. The van der Waals surface area contributed by atoms with Crippen molar-refractivity contribution in [3.8, 4) is 11.5 Å². The lowest BCUT2D eigenvalue weighted by molar-refractivity contribution is -0.141. The van der Waals surface area contributed by atoms with E-state index in [1.807, 2.05) is 12.1 Å². The Balaban J connectivity index is 2.20. The minimum Gasteiger partial charge on any atom is -0.496 e. The highest BCUT2D eigenvalue weighted by Crippen LogP contribution is 2.27. The molecule has 3 rings (SSSR count). The van der Waals surface area contributed by atoms with Crippen molar-refractivity contribution in [3.05, 3.63) is 52.8 Å². The fourth-order valence-electron chi connectivity index (χ4n) is 2.66. The molecule has 3 aromatic rings. The van der Waals surface area contributed by atoms with Crippen LogP contribution in [0.5, 0.6) is 11.5 Å². The molecule has 0 bridgehead atoms. The molecule has 140 valence electrons. The van der Waals surface area contributed by atoms with Crippen LogP contribution in [0.2, 0.25) is 0 Å². The highest BCUT2D eigenvalue weighted by molar-refractivity contribution is 7.16. The van der Waals surface area contributed by atoms with Gasteiger partial charge in [0.15, 0.2) is 4.80 Å². The Morgan fingerprint density at radius 2 is 1.70 bits per heavy atom. The number of esters is 1. The molecular formula is C19H18N2O5S. The van der Waals surface area contributed by atoms with E-state index < -0.39 is 11.9 Å². The lowest BCUT2D eigenvalue weighted by atomic mass is 10.2. The van der Waals surface area contributed by atoms with Crippen LogP contribution in [0.1, 0.15) is 10.4 Å². The summed E-state index contributed by atoms with van der Waals surface area (Å²) >= 11 is 1.29. The summed E-state index contributed by atoms with van der Waals surface area (Å²) in [5.41, 5.74) is 1.02. The zero-order valence-corrected chi connectivity index (χ0v) is 15.9. The first-order chi connectivity index (χ1) is 13.1. The number of methoxy groups -OCH3 is 3. The van der Waals surface area contributed by atoms with Gasteiger partial charge in [0.2, 0.25) is 0 Å². The highest BCUT2D eigenvalue weighted by Gasteiger charge is 2.16. The maximum Gasteiger partial charge on any atom is 0.325 e. The topological polar surface area (TPSA) is 79.1 Å². The van der Waals surface area contributed by atoms with E-state index in [9.17, 15) is 9.59 Å². The van der Waals surface area contributed by atoms with Gasteiger partial charge < -0.3 is 18.8 Å². The number of carbonyl (C=O) groups is 2. The maximum atomic E-state index is 12.7. The summed E-state index contributed by atoms with van der Waals surface area (Å²) in [5.74, 6) is 0.103. The zero-order valence-electron chi connectivity index (χ0n) is 15.1. The van der Waals surface area contributed by atoms with Crippen LogP contribution in [0.15, 0.2) is 47.5 Å². The molecule has 0 atom stereocenters. The minimum absolute atomic E-state index is 0.0884. The van der Waals surface area contributed by atoms with Gasteiger partial charge in [-0.25, -0.2) is 0 Å². The van der Waals surface area contributed by atoms with Gasteiger partial charge in [0.1, 0.15) is 23.6 Å². The Labute approximate surface area is 159 Å². The maximum absolute atomic E-state index is 12.7. The summed E-state index contributed by atoms with van der Waals surface area (Å²) < 4.78 is 17.9. The number of benzene rings is 2. The van der Waals surface area contributed by atoms with Crippen molar-refractivity contribution in [1.82, 2.24) is 4.57 Å². The van der Waals surface area contributed by atoms with E-state index in [0.29, 0.717) is 27.4 Å². The molecule has 27 heavy (non-hydrogen) atoms. The molecule has 0 aliphatic heterocycles. The summed E-state index contributed by atoms with van der Waals surface area (Å²) in [6, 6.07) is 12.4. The normalized spacial score (nSPS) is 11.4. The summed E-state index contributed by atoms with van der Waals surface area (Å²) in [5, 5.41) is 0. The molecule has 1 amide bonds. The van der Waals surface area contributed by atoms with Gasteiger partial charge in [0.05, 0.1) is 31.6 Å². The average Bonchev–Trinajstić information content (AvgIpc) is 3.04. The van der Waals surface area contributed by atoms with E-state index in [-0.39, 0.29) is 6.54 Å². The smallest absolute Gasteiger partial charge is 0.325 e. The van der Waals surface area contributed by atoms with Crippen molar-refractivity contribution in [2.45, 2.75) is 6.54 Å². The second-order valence-electron chi connectivity index (χ2n) is 5.47. The van der Waals surface area contributed by atoms with Gasteiger partial charge in [-0.2, -0.15) is 4.99 Å². The van der Waals surface area contributed by atoms with Crippen LogP contribution in [0.25, 0.3) is 10.2 Å². The van der Waals surface area contributed by atoms with E-state index in [1.54, 1.807) is 42.0 Å². The SMILES string of the molecule is COC(=O)Cn1c(=NC(=O)c2ccccc2OC)sc2cccc(OC)c21. The van der Waals surface area contributed by atoms with Gasteiger partial charge in [-0.05, 0) is 24.3 Å². The molecule has 0 saturated carbocycles. The van der Waals surface area contributed by atoms with Gasteiger partial charge in [-0.1, -0.05) is 29.5 Å². The molecule has 0 saturated heterocycles. The molecule has 0 unspecified atom stereocenters. The third-order valence-corrected chi connectivity index (χ3v) is 4.98. The Hall–Kier alpha value is -3.13. The van der Waals surface area contributed by atoms with Crippen molar-refractivity contribution in [2.24, 2.45) is 4.99 Å². The lowest BCUT2D eigenvalue weighted by Crippen LogP contribution is -2.22. The van der Waals surface area contributed by atoms with Gasteiger partial charge in [-0.3, -0.25) is 9.59 Å². The predicted molar refractivity (Wildman–Crippen MR) is 101 cm³/mol. The summed E-state index contributed by atoms with van der Waals surface area (Å²) in [6.45, 7) is -0.0884. The number of carbonyl (C=O) groups excluding carboxylic acids is 2. The first-order valence-corrected chi connectivity index (χ1v) is 8.86. The minimum atomic E-state index is -0.461. The van der Waals surface area contributed by atoms with E-state index in [1.165, 1.54) is 25.6 Å². The Kier molecular flexibility index (Phi) is 5.56. The number of ether oxygens (including phenoxy) is 3. The number of rotatable bonds is 5. The lowest BCUT2D eigenvalue weighted by Gasteiger charge is -2.07. The quantitative estimate of drug-likeness (QED) is 0.630. The van der Waals surface area contributed by atoms with Crippen molar-refractivity contribution in [2.75, 3.05) is 21.3 Å². The van der Waals surface area contributed by atoms with E-state index in [2.05, 4.69) is 4.99 Å². The second-order valence-corrected chi connectivity index (χ2v) is 6.48. The molecule has 1 heterocycles. The number of thiazole rings is 1. The van der Waals surface area contributed by atoms with Crippen LogP contribution in [0.3, 0.4) is 0 Å². The summed E-state index contributed by atoms with van der Waals surface area (Å²) in [7, 11) is 4.35. The number of aromatic nitrogens is 1. The number of fused-ring (bicyclic) bond motifs is 1. The molecule has 0 aliphatic rings. The third-order valence-electron chi connectivity index (χ3n) is 3.93. The molecule has 2 aromatic carbocycles. The molecule has 0 N–H and O–H groups in total. The molecule has 0 radical (unpaired) electrons. The molecular weight excluding hydrogens is 368 g/mol. The average molecular weight is 386 g/mol. The fourth-order valence-corrected chi connectivity index (χ4v) is 3.70. The van der Waals surface area contributed by atoms with Crippen LogP contribution < -0.4 is 14.3 Å². The number of nitrogens with zero attached hydrogens (tertiary/aromatic N) is 2. The molecule has 1 aromatic heterocycles. The summed E-state index contributed by atoms with van der Waals surface area (Å²) in [6.07, 6.45) is 0. The monoisotopic (exact) mass is 386 g/mol. The predicted octanol–water partition coefficient (Wildman–Crippen LogP) is 2.63. The molecule has 0 aliphatic carbocycles. The van der Waals surface area contributed by atoms with Gasteiger partial charge in [0.25, 0.3) is 5.91 Å². The molecule has 8 heteroatoms. The van der Waals surface area contributed by atoms with Gasteiger partial charge in [-0.15, -0.1) is 0 Å².